The van der Waals surface area contributed by atoms with Gasteiger partial charge in [0.05, 0.1) is 10.9 Å². The van der Waals surface area contributed by atoms with Gasteiger partial charge in [-0.25, -0.2) is 14.4 Å². The quantitative estimate of drug-likeness (QED) is 0.726. The van der Waals surface area contributed by atoms with E-state index in [2.05, 4.69) is 15.1 Å². The summed E-state index contributed by atoms with van der Waals surface area (Å²) in [6.07, 6.45) is -3.37. The molecular formula is C15H13F4N5. The Bertz CT molecular complexity index is 930. The van der Waals surface area contributed by atoms with Gasteiger partial charge in [-0.1, -0.05) is 0 Å². The van der Waals surface area contributed by atoms with Crippen molar-refractivity contribution in [3.8, 4) is 5.82 Å². The average Bonchev–Trinajstić information content (AvgIpc) is 2.82. The van der Waals surface area contributed by atoms with Crippen LogP contribution in [0.3, 0.4) is 0 Å². The summed E-state index contributed by atoms with van der Waals surface area (Å²) in [5, 5.41) is 3.86. The predicted molar refractivity (Wildman–Crippen MR) is 80.4 cm³/mol. The lowest BCUT2D eigenvalue weighted by atomic mass is 10.2. The number of hydrogen-bond acceptors (Lipinski definition) is 4. The maximum atomic E-state index is 13.3. The second-order valence-corrected chi connectivity index (χ2v) is 5.42. The van der Waals surface area contributed by atoms with Gasteiger partial charge in [0.15, 0.2) is 11.5 Å². The number of nitrogens with zero attached hydrogens (tertiary/aromatic N) is 4. The van der Waals surface area contributed by atoms with E-state index in [1.165, 1.54) is 19.2 Å². The van der Waals surface area contributed by atoms with Gasteiger partial charge in [-0.15, -0.1) is 0 Å². The van der Waals surface area contributed by atoms with Crippen LogP contribution < -0.4 is 5.73 Å². The zero-order valence-corrected chi connectivity index (χ0v) is 12.8. The number of nitrogens with two attached hydrogens (primary N) is 1. The molecule has 0 saturated heterocycles. The summed E-state index contributed by atoms with van der Waals surface area (Å²) in [6, 6.07) is 2.96. The molecule has 5 nitrogen and oxygen atoms in total. The van der Waals surface area contributed by atoms with E-state index >= 15 is 0 Å². The van der Waals surface area contributed by atoms with E-state index in [1.807, 2.05) is 0 Å². The Morgan fingerprint density at radius 2 is 1.92 bits per heavy atom. The molecule has 0 aromatic carbocycles. The molecule has 9 heteroatoms. The molecule has 0 aliphatic rings. The highest BCUT2D eigenvalue weighted by Gasteiger charge is 2.37. The minimum atomic E-state index is -4.66. The van der Waals surface area contributed by atoms with Crippen LogP contribution in [0.4, 0.5) is 23.4 Å². The highest BCUT2D eigenvalue weighted by Crippen LogP contribution is 2.37. The molecule has 0 unspecified atom stereocenters. The van der Waals surface area contributed by atoms with Crippen LogP contribution in [-0.2, 0) is 12.9 Å². The lowest BCUT2D eigenvalue weighted by Gasteiger charge is -2.09. The van der Waals surface area contributed by atoms with Gasteiger partial charge in [-0.2, -0.15) is 23.0 Å². The van der Waals surface area contributed by atoms with E-state index in [9.17, 15) is 17.6 Å². The molecule has 24 heavy (non-hydrogen) atoms. The molecule has 0 fully saturated rings. The highest BCUT2D eigenvalue weighted by atomic mass is 19.4. The standard InChI is InChI=1S/C15H13F4N5/c1-7-3-9(5-16)6-21-14(7)24-13(20)11-10(23-24)4-8(2)22-12(11)15(17,18)19/h3-4,6H,5,20H2,1-2H3. The maximum Gasteiger partial charge on any atom is 0.434 e. The monoisotopic (exact) mass is 339 g/mol. The third-order valence-electron chi connectivity index (χ3n) is 3.55. The summed E-state index contributed by atoms with van der Waals surface area (Å²) in [7, 11) is 0. The maximum absolute atomic E-state index is 13.3. The number of anilines is 1. The second kappa shape index (κ2) is 5.43. The third kappa shape index (κ3) is 2.55. The summed E-state index contributed by atoms with van der Waals surface area (Å²) in [5.41, 5.74) is 5.98. The average molecular weight is 339 g/mol. The number of alkyl halides is 4. The van der Waals surface area contributed by atoms with E-state index in [4.69, 9.17) is 5.73 Å². The van der Waals surface area contributed by atoms with Gasteiger partial charge in [0, 0.05) is 17.5 Å². The summed E-state index contributed by atoms with van der Waals surface area (Å²) < 4.78 is 53.6. The van der Waals surface area contributed by atoms with Gasteiger partial charge in [-0.05, 0) is 31.5 Å². The Kier molecular flexibility index (Phi) is 3.66. The Morgan fingerprint density at radius 1 is 1.21 bits per heavy atom. The fourth-order valence-electron chi connectivity index (χ4n) is 2.54. The fourth-order valence-corrected chi connectivity index (χ4v) is 2.54. The lowest BCUT2D eigenvalue weighted by molar-refractivity contribution is -0.139. The largest absolute Gasteiger partial charge is 0.434 e. The van der Waals surface area contributed by atoms with Gasteiger partial charge in [0.25, 0.3) is 0 Å². The Balaban J connectivity index is 2.30. The van der Waals surface area contributed by atoms with Crippen molar-refractivity contribution in [3.63, 3.8) is 0 Å². The molecule has 0 aliphatic heterocycles. The van der Waals surface area contributed by atoms with Gasteiger partial charge < -0.3 is 5.73 Å². The SMILES string of the molecule is Cc1cc2nn(-c3ncc(CF)cc3C)c(N)c2c(C(F)(F)F)n1. The molecule has 3 aromatic heterocycles. The molecule has 0 radical (unpaired) electrons. The number of nitrogen functional groups attached to an aromatic ring is 1. The molecule has 0 saturated carbocycles. The topological polar surface area (TPSA) is 69.6 Å². The van der Waals surface area contributed by atoms with Gasteiger partial charge in [0.2, 0.25) is 0 Å². The number of aromatic nitrogens is 4. The van der Waals surface area contributed by atoms with Crippen molar-refractivity contribution >= 4 is 16.7 Å². The van der Waals surface area contributed by atoms with Crippen LogP contribution in [0, 0.1) is 13.8 Å². The molecular weight excluding hydrogens is 326 g/mol. The van der Waals surface area contributed by atoms with Crippen LogP contribution in [0.25, 0.3) is 16.7 Å². The third-order valence-corrected chi connectivity index (χ3v) is 3.55. The molecule has 3 aromatic rings. The minimum Gasteiger partial charge on any atom is -0.383 e. The first-order valence-corrected chi connectivity index (χ1v) is 6.97. The highest BCUT2D eigenvalue weighted by molar-refractivity contribution is 5.92. The van der Waals surface area contributed by atoms with Crippen LogP contribution in [-0.4, -0.2) is 19.7 Å². The molecule has 126 valence electrons. The van der Waals surface area contributed by atoms with Crippen molar-refractivity contribution in [2.24, 2.45) is 0 Å². The molecule has 3 rings (SSSR count). The second-order valence-electron chi connectivity index (χ2n) is 5.42. The van der Waals surface area contributed by atoms with Crippen LogP contribution >= 0.6 is 0 Å². The van der Waals surface area contributed by atoms with E-state index in [-0.39, 0.29) is 28.2 Å². The number of pyridine rings is 2. The molecule has 3 heterocycles. The smallest absolute Gasteiger partial charge is 0.383 e. The molecule has 0 atom stereocenters. The minimum absolute atomic E-state index is 0.0723. The van der Waals surface area contributed by atoms with Crippen molar-refractivity contribution in [2.75, 3.05) is 5.73 Å². The first-order chi connectivity index (χ1) is 11.2. The molecule has 2 N–H and O–H groups in total. The molecule has 0 amide bonds. The Hall–Kier alpha value is -2.71. The number of hydrogen-bond donors (Lipinski definition) is 1. The lowest BCUT2D eigenvalue weighted by Crippen LogP contribution is -2.11. The number of halogens is 4. The molecule has 0 bridgehead atoms. The summed E-state index contributed by atoms with van der Waals surface area (Å²) >= 11 is 0. The van der Waals surface area contributed by atoms with E-state index in [0.29, 0.717) is 11.1 Å². The van der Waals surface area contributed by atoms with Crippen LogP contribution in [0.5, 0.6) is 0 Å². The molecule has 0 spiro atoms. The van der Waals surface area contributed by atoms with E-state index in [0.717, 1.165) is 4.68 Å². The van der Waals surface area contributed by atoms with Gasteiger partial charge >= 0.3 is 6.18 Å². The van der Waals surface area contributed by atoms with E-state index < -0.39 is 18.5 Å². The first kappa shape index (κ1) is 16.2. The van der Waals surface area contributed by atoms with Crippen LogP contribution in [0.2, 0.25) is 0 Å². The first-order valence-electron chi connectivity index (χ1n) is 6.97. The van der Waals surface area contributed by atoms with Crippen molar-refractivity contribution in [2.45, 2.75) is 26.7 Å². The van der Waals surface area contributed by atoms with Crippen LogP contribution in [0.1, 0.15) is 22.5 Å². The Labute approximate surface area is 134 Å². The molecule has 0 aliphatic carbocycles. The fraction of sp³-hybridized carbons (Fsp3) is 0.267. The Morgan fingerprint density at radius 3 is 2.50 bits per heavy atom. The van der Waals surface area contributed by atoms with Gasteiger partial charge in [-0.3, -0.25) is 0 Å². The zero-order chi connectivity index (χ0) is 17.6. The van der Waals surface area contributed by atoms with Crippen molar-refractivity contribution < 1.29 is 17.6 Å². The van der Waals surface area contributed by atoms with Crippen molar-refractivity contribution in [1.29, 1.82) is 0 Å². The number of fused-ring (bicyclic) bond motifs is 1. The van der Waals surface area contributed by atoms with E-state index in [1.54, 1.807) is 13.0 Å². The van der Waals surface area contributed by atoms with Crippen molar-refractivity contribution in [3.05, 3.63) is 40.8 Å². The predicted octanol–water partition coefficient (Wildman–Crippen LogP) is 3.50. The van der Waals surface area contributed by atoms with Crippen LogP contribution in [0.15, 0.2) is 18.3 Å². The van der Waals surface area contributed by atoms with Crippen molar-refractivity contribution in [1.82, 2.24) is 19.7 Å². The summed E-state index contributed by atoms with van der Waals surface area (Å²) in [4.78, 5) is 7.63. The summed E-state index contributed by atoms with van der Waals surface area (Å²) in [6.45, 7) is 2.41. The summed E-state index contributed by atoms with van der Waals surface area (Å²) in [5.74, 6) is 0.0279. The normalized spacial score (nSPS) is 12.1. The number of rotatable bonds is 2. The zero-order valence-electron chi connectivity index (χ0n) is 12.8. The van der Waals surface area contributed by atoms with Gasteiger partial charge in [0.1, 0.15) is 12.5 Å². The number of aryl methyl sites for hydroxylation is 2.